The van der Waals surface area contributed by atoms with Crippen molar-refractivity contribution in [3.8, 4) is 0 Å². The maximum absolute atomic E-state index is 4.66. The second-order valence-corrected chi connectivity index (χ2v) is 1.68. The molecule has 0 fully saturated rings. The molecule has 13 heavy (non-hydrogen) atoms. The third-order valence-corrected chi connectivity index (χ3v) is 0.727. The lowest BCUT2D eigenvalue weighted by Crippen LogP contribution is -1.96. The van der Waals surface area contributed by atoms with E-state index in [-0.39, 0.29) is 14.9 Å². The summed E-state index contributed by atoms with van der Waals surface area (Å²) in [5.74, 6) is 0. The number of rotatable bonds is 5. The van der Waals surface area contributed by atoms with E-state index in [1.165, 1.54) is 0 Å². The lowest BCUT2D eigenvalue weighted by molar-refractivity contribution is -0.00271. The van der Waals surface area contributed by atoms with Crippen molar-refractivity contribution in [2.24, 2.45) is 0 Å². The molecule has 0 aliphatic carbocycles. The Morgan fingerprint density at radius 1 is 0.615 bits per heavy atom. The van der Waals surface area contributed by atoms with Crippen LogP contribution in [0.1, 0.15) is 14.9 Å². The van der Waals surface area contributed by atoms with Gasteiger partial charge in [-0.05, 0) is 0 Å². The van der Waals surface area contributed by atoms with Gasteiger partial charge in [-0.1, -0.05) is 14.9 Å². The van der Waals surface area contributed by atoms with Gasteiger partial charge in [-0.25, -0.2) is 0 Å². The van der Waals surface area contributed by atoms with Gasteiger partial charge in [0.2, 0.25) is 0 Å². The summed E-state index contributed by atoms with van der Waals surface area (Å²) in [6.07, 6.45) is 0. The van der Waals surface area contributed by atoms with Crippen LogP contribution < -0.4 is 0 Å². The van der Waals surface area contributed by atoms with Gasteiger partial charge < -0.3 is 18.9 Å². The maximum atomic E-state index is 4.66. The van der Waals surface area contributed by atoms with Crippen molar-refractivity contribution in [2.45, 2.75) is 14.9 Å². The Balaban J connectivity index is -0.0000000546. The minimum absolute atomic E-state index is 0. The lowest BCUT2D eigenvalue weighted by atomic mass is 10.8. The van der Waals surface area contributed by atoms with E-state index in [1.54, 1.807) is 28.4 Å². The fourth-order valence-corrected chi connectivity index (χ4v) is 0.285. The third kappa shape index (κ3) is 48.9. The molecule has 0 saturated heterocycles. The first-order chi connectivity index (χ1) is 5.33. The fraction of sp³-hybridized carbons (Fsp3) is 1.00. The van der Waals surface area contributed by atoms with Gasteiger partial charge in [0.1, 0.15) is 6.79 Å². The van der Waals surface area contributed by atoms with E-state index in [2.05, 4.69) is 18.9 Å². The molecule has 4 nitrogen and oxygen atoms in total. The highest BCUT2D eigenvalue weighted by molar-refractivity contribution is 4.17. The Hall–Kier alpha value is -0.160. The Morgan fingerprint density at radius 2 is 0.923 bits per heavy atom. The molecule has 0 amide bonds. The Morgan fingerprint density at radius 3 is 1.00 bits per heavy atom. The van der Waals surface area contributed by atoms with Gasteiger partial charge in [-0.3, -0.25) is 0 Å². The molecule has 0 spiro atoms. The predicted molar refractivity (Wildman–Crippen MR) is 56.1 cm³/mol. The number of ether oxygens (including phenoxy) is 4. The largest absolute Gasteiger partial charge is 0.382 e. The summed E-state index contributed by atoms with van der Waals surface area (Å²) in [4.78, 5) is 0. The zero-order valence-corrected chi connectivity index (χ0v) is 7.75. The minimum Gasteiger partial charge on any atom is -0.382 e. The maximum Gasteiger partial charge on any atom is 0.145 e. The van der Waals surface area contributed by atoms with Crippen molar-refractivity contribution < 1.29 is 18.9 Å². The molecular weight excluding hydrogens is 172 g/mol. The molecule has 0 N–H and O–H groups in total. The zero-order chi connectivity index (χ0) is 8.95. The SMILES string of the molecule is C.C.COCCOC.COCOC. The number of hydrogen-bond acceptors (Lipinski definition) is 4. The molecule has 0 radical (unpaired) electrons. The van der Waals surface area contributed by atoms with E-state index in [9.17, 15) is 0 Å². The summed E-state index contributed by atoms with van der Waals surface area (Å²) in [7, 11) is 6.48. The van der Waals surface area contributed by atoms with Crippen LogP contribution in [0.2, 0.25) is 0 Å². The Kier molecular flexibility index (Phi) is 52.7. The van der Waals surface area contributed by atoms with E-state index < -0.39 is 0 Å². The van der Waals surface area contributed by atoms with E-state index in [4.69, 9.17) is 0 Å². The van der Waals surface area contributed by atoms with Crippen molar-refractivity contribution in [1.82, 2.24) is 0 Å². The smallest absolute Gasteiger partial charge is 0.145 e. The summed E-state index contributed by atoms with van der Waals surface area (Å²) in [5.41, 5.74) is 0. The summed E-state index contributed by atoms with van der Waals surface area (Å²) in [6.45, 7) is 1.77. The van der Waals surface area contributed by atoms with Crippen LogP contribution in [0.4, 0.5) is 0 Å². The van der Waals surface area contributed by atoms with E-state index in [1.807, 2.05) is 0 Å². The summed E-state index contributed by atoms with van der Waals surface area (Å²) >= 11 is 0. The van der Waals surface area contributed by atoms with Gasteiger partial charge in [0.15, 0.2) is 0 Å². The van der Waals surface area contributed by atoms with Crippen molar-refractivity contribution in [2.75, 3.05) is 48.4 Å². The van der Waals surface area contributed by atoms with Crippen molar-refractivity contribution in [3.05, 3.63) is 0 Å². The molecule has 0 rings (SSSR count). The molecule has 0 aromatic carbocycles. The monoisotopic (exact) mass is 198 g/mol. The average molecular weight is 198 g/mol. The average Bonchev–Trinajstić information content (AvgIpc) is 2.04. The molecule has 0 unspecified atom stereocenters. The van der Waals surface area contributed by atoms with Gasteiger partial charge in [-0.15, -0.1) is 0 Å². The van der Waals surface area contributed by atoms with Crippen LogP contribution in [0.3, 0.4) is 0 Å². The van der Waals surface area contributed by atoms with E-state index >= 15 is 0 Å². The van der Waals surface area contributed by atoms with Crippen LogP contribution in [-0.2, 0) is 18.9 Å². The topological polar surface area (TPSA) is 36.9 Å². The molecule has 86 valence electrons. The van der Waals surface area contributed by atoms with Gasteiger partial charge in [0.05, 0.1) is 13.2 Å². The molecule has 0 aromatic heterocycles. The first-order valence-electron chi connectivity index (χ1n) is 3.29. The molecular formula is C9H26O4. The number of methoxy groups -OCH3 is 4. The van der Waals surface area contributed by atoms with Gasteiger partial charge >= 0.3 is 0 Å². The summed E-state index contributed by atoms with van der Waals surface area (Å²) < 4.78 is 18.3. The minimum atomic E-state index is 0. The summed E-state index contributed by atoms with van der Waals surface area (Å²) in [5, 5.41) is 0. The molecule has 4 heteroatoms. The Labute approximate surface area is 83.1 Å². The van der Waals surface area contributed by atoms with Crippen LogP contribution >= 0.6 is 0 Å². The first kappa shape index (κ1) is 23.0. The highest BCUT2D eigenvalue weighted by atomic mass is 16.6. The molecule has 0 bridgehead atoms. The first-order valence-corrected chi connectivity index (χ1v) is 3.29. The Bertz CT molecular complexity index is 44.9. The second-order valence-electron chi connectivity index (χ2n) is 1.68. The second kappa shape index (κ2) is 29.7. The van der Waals surface area contributed by atoms with Crippen molar-refractivity contribution in [1.29, 1.82) is 0 Å². The van der Waals surface area contributed by atoms with Crippen LogP contribution in [0.5, 0.6) is 0 Å². The van der Waals surface area contributed by atoms with Crippen LogP contribution in [0, 0.1) is 0 Å². The van der Waals surface area contributed by atoms with Gasteiger partial charge in [0.25, 0.3) is 0 Å². The lowest BCUT2D eigenvalue weighted by Gasteiger charge is -1.91. The molecule has 0 heterocycles. The van der Waals surface area contributed by atoms with Crippen LogP contribution in [-0.4, -0.2) is 48.4 Å². The normalized spacial score (nSPS) is 7.38. The highest BCUT2D eigenvalue weighted by Crippen LogP contribution is 1.65. The summed E-state index contributed by atoms with van der Waals surface area (Å²) in [6, 6.07) is 0. The van der Waals surface area contributed by atoms with E-state index in [0.29, 0.717) is 20.0 Å². The molecule has 0 saturated carbocycles. The highest BCUT2D eigenvalue weighted by Gasteiger charge is 1.73. The van der Waals surface area contributed by atoms with Gasteiger partial charge in [-0.2, -0.15) is 0 Å². The molecule has 0 aliphatic rings. The van der Waals surface area contributed by atoms with Gasteiger partial charge in [0, 0.05) is 28.4 Å². The predicted octanol–water partition coefficient (Wildman–Crippen LogP) is 1.79. The fourth-order valence-electron chi connectivity index (χ4n) is 0.285. The van der Waals surface area contributed by atoms with Crippen molar-refractivity contribution >= 4 is 0 Å². The van der Waals surface area contributed by atoms with E-state index in [0.717, 1.165) is 0 Å². The van der Waals surface area contributed by atoms with Crippen LogP contribution in [0.15, 0.2) is 0 Å². The number of hydrogen-bond donors (Lipinski definition) is 0. The quantitative estimate of drug-likeness (QED) is 0.498. The standard InChI is InChI=1S/C4H10O2.C3H8O2.2CH4/c1-5-3-4-6-2;1-4-3-5-2;;/h3-4H2,1-2H3;3H2,1-2H3;2*1H4. The molecule has 0 aliphatic heterocycles. The van der Waals surface area contributed by atoms with Crippen LogP contribution in [0.25, 0.3) is 0 Å². The zero-order valence-electron chi connectivity index (χ0n) is 7.75. The van der Waals surface area contributed by atoms with Crippen molar-refractivity contribution in [3.63, 3.8) is 0 Å². The molecule has 0 atom stereocenters. The molecule has 0 aromatic rings. The third-order valence-electron chi connectivity index (χ3n) is 0.727.